The Balaban J connectivity index is 2.00. The Morgan fingerprint density at radius 2 is 1.79 bits per heavy atom. The topological polar surface area (TPSA) is 57.7 Å². The van der Waals surface area contributed by atoms with Gasteiger partial charge < -0.3 is 4.90 Å². The van der Waals surface area contributed by atoms with Crippen LogP contribution in [-0.2, 0) is 27.8 Å². The molecule has 0 N–H and O–H groups in total. The molecular formula is C21H27ClN2O3S2. The number of halogens is 1. The fourth-order valence-corrected chi connectivity index (χ4v) is 5.55. The van der Waals surface area contributed by atoms with Crippen molar-refractivity contribution in [2.24, 2.45) is 0 Å². The number of carbonyl (C=O) groups is 1. The SMILES string of the molecule is C=CCN(Cc1ccc(Cl)s1)C(=O)CCc1ccc(S(=O)(=O)N(CC)CC)cc1. The Morgan fingerprint density at radius 3 is 2.31 bits per heavy atom. The van der Waals surface area contributed by atoms with Crippen LogP contribution in [0.5, 0.6) is 0 Å². The monoisotopic (exact) mass is 454 g/mol. The lowest BCUT2D eigenvalue weighted by molar-refractivity contribution is -0.131. The molecule has 0 saturated heterocycles. The third-order valence-electron chi connectivity index (χ3n) is 4.57. The van der Waals surface area contributed by atoms with Crippen molar-refractivity contribution in [2.75, 3.05) is 19.6 Å². The van der Waals surface area contributed by atoms with Gasteiger partial charge in [-0.3, -0.25) is 4.79 Å². The van der Waals surface area contributed by atoms with E-state index in [1.165, 1.54) is 15.6 Å². The van der Waals surface area contributed by atoms with Crippen LogP contribution in [-0.4, -0.2) is 43.2 Å². The van der Waals surface area contributed by atoms with E-state index in [0.717, 1.165) is 10.4 Å². The lowest BCUT2D eigenvalue weighted by Crippen LogP contribution is -2.30. The van der Waals surface area contributed by atoms with E-state index in [2.05, 4.69) is 6.58 Å². The summed E-state index contributed by atoms with van der Waals surface area (Å²) in [7, 11) is -3.47. The Morgan fingerprint density at radius 1 is 1.14 bits per heavy atom. The fourth-order valence-electron chi connectivity index (χ4n) is 2.99. The number of thiophene rings is 1. The largest absolute Gasteiger partial charge is 0.334 e. The Labute approximate surface area is 182 Å². The molecule has 29 heavy (non-hydrogen) atoms. The molecule has 0 aliphatic heterocycles. The van der Waals surface area contributed by atoms with Crippen molar-refractivity contribution in [1.29, 1.82) is 0 Å². The van der Waals surface area contributed by atoms with Crippen LogP contribution in [0, 0.1) is 0 Å². The summed E-state index contributed by atoms with van der Waals surface area (Å²) in [4.78, 5) is 15.7. The van der Waals surface area contributed by atoms with Gasteiger partial charge in [0.1, 0.15) is 0 Å². The van der Waals surface area contributed by atoms with Crippen molar-refractivity contribution in [1.82, 2.24) is 9.21 Å². The predicted octanol–water partition coefficient (Wildman–Crippen LogP) is 4.58. The van der Waals surface area contributed by atoms with E-state index in [1.54, 1.807) is 35.2 Å². The molecule has 5 nitrogen and oxygen atoms in total. The van der Waals surface area contributed by atoms with Gasteiger partial charge in [-0.05, 0) is 36.2 Å². The van der Waals surface area contributed by atoms with Gasteiger partial charge in [0, 0.05) is 30.9 Å². The maximum absolute atomic E-state index is 12.7. The molecular weight excluding hydrogens is 428 g/mol. The van der Waals surface area contributed by atoms with Crippen molar-refractivity contribution in [2.45, 2.75) is 38.1 Å². The molecule has 0 bridgehead atoms. The molecule has 0 aliphatic rings. The van der Waals surface area contributed by atoms with E-state index in [9.17, 15) is 13.2 Å². The van der Waals surface area contributed by atoms with E-state index in [0.29, 0.717) is 43.4 Å². The van der Waals surface area contributed by atoms with Gasteiger partial charge in [0.05, 0.1) is 15.8 Å². The third kappa shape index (κ3) is 6.40. The molecule has 0 saturated carbocycles. The second-order valence-electron chi connectivity index (χ2n) is 6.50. The minimum absolute atomic E-state index is 0.0225. The van der Waals surface area contributed by atoms with Crippen LogP contribution in [0.1, 0.15) is 30.7 Å². The number of amides is 1. The number of rotatable bonds is 11. The summed E-state index contributed by atoms with van der Waals surface area (Å²) >= 11 is 7.43. The highest BCUT2D eigenvalue weighted by atomic mass is 35.5. The molecule has 2 aromatic rings. The molecule has 0 unspecified atom stereocenters. The van der Waals surface area contributed by atoms with Crippen molar-refractivity contribution in [3.63, 3.8) is 0 Å². The van der Waals surface area contributed by atoms with E-state index < -0.39 is 10.0 Å². The molecule has 158 valence electrons. The first kappa shape index (κ1) is 23.6. The molecule has 0 radical (unpaired) electrons. The Hall–Kier alpha value is -1.67. The van der Waals surface area contributed by atoms with Gasteiger partial charge in [-0.25, -0.2) is 8.42 Å². The van der Waals surface area contributed by atoms with Gasteiger partial charge in [0.2, 0.25) is 15.9 Å². The first-order chi connectivity index (χ1) is 13.8. The van der Waals surface area contributed by atoms with Gasteiger partial charge in [-0.2, -0.15) is 4.31 Å². The number of hydrogen-bond donors (Lipinski definition) is 0. The van der Waals surface area contributed by atoms with Crippen molar-refractivity contribution < 1.29 is 13.2 Å². The zero-order valence-electron chi connectivity index (χ0n) is 16.8. The standard InChI is InChI=1S/C21H27ClN2O3S2/c1-4-15-23(16-18-10-13-20(22)28-18)21(25)14-9-17-7-11-19(12-8-17)29(26,27)24(5-2)6-3/h4,7-8,10-13H,1,5-6,9,14-16H2,2-3H3. The van der Waals surface area contributed by atoms with Gasteiger partial charge in [-0.15, -0.1) is 17.9 Å². The highest BCUT2D eigenvalue weighted by Crippen LogP contribution is 2.23. The highest BCUT2D eigenvalue weighted by molar-refractivity contribution is 7.89. The predicted molar refractivity (Wildman–Crippen MR) is 120 cm³/mol. The minimum Gasteiger partial charge on any atom is -0.334 e. The molecule has 1 aromatic carbocycles. The van der Waals surface area contributed by atoms with Crippen LogP contribution in [0.15, 0.2) is 53.9 Å². The molecule has 1 aromatic heterocycles. The molecule has 0 fully saturated rings. The Bertz CT molecular complexity index is 920. The van der Waals surface area contributed by atoms with Gasteiger partial charge >= 0.3 is 0 Å². The number of benzene rings is 1. The number of hydrogen-bond acceptors (Lipinski definition) is 4. The molecule has 2 rings (SSSR count). The zero-order valence-corrected chi connectivity index (χ0v) is 19.2. The van der Waals surface area contributed by atoms with E-state index in [1.807, 2.05) is 26.0 Å². The van der Waals surface area contributed by atoms with E-state index >= 15 is 0 Å². The van der Waals surface area contributed by atoms with Crippen molar-refractivity contribution in [3.8, 4) is 0 Å². The van der Waals surface area contributed by atoms with Crippen molar-refractivity contribution in [3.05, 3.63) is 63.8 Å². The molecule has 0 spiro atoms. The number of carbonyl (C=O) groups excluding carboxylic acids is 1. The van der Waals surface area contributed by atoms with Crippen LogP contribution in [0.3, 0.4) is 0 Å². The third-order valence-corrected chi connectivity index (χ3v) is 7.85. The molecule has 8 heteroatoms. The summed E-state index contributed by atoms with van der Waals surface area (Å²) in [6, 6.07) is 10.5. The van der Waals surface area contributed by atoms with Gasteiger partial charge in [0.15, 0.2) is 0 Å². The first-order valence-electron chi connectivity index (χ1n) is 9.53. The van der Waals surface area contributed by atoms with Crippen LogP contribution < -0.4 is 0 Å². The summed E-state index contributed by atoms with van der Waals surface area (Å²) in [6.07, 6.45) is 2.60. The van der Waals surface area contributed by atoms with Crippen LogP contribution in [0.2, 0.25) is 4.34 Å². The van der Waals surface area contributed by atoms with Crippen LogP contribution in [0.4, 0.5) is 0 Å². The maximum Gasteiger partial charge on any atom is 0.243 e. The summed E-state index contributed by atoms with van der Waals surface area (Å²) in [6.45, 7) is 9.21. The zero-order chi connectivity index (χ0) is 21.4. The average molecular weight is 455 g/mol. The number of sulfonamides is 1. The van der Waals surface area contributed by atoms with E-state index in [-0.39, 0.29) is 10.8 Å². The lowest BCUT2D eigenvalue weighted by atomic mass is 10.1. The average Bonchev–Trinajstić information content (AvgIpc) is 3.11. The summed E-state index contributed by atoms with van der Waals surface area (Å²) in [5, 5.41) is 0. The summed E-state index contributed by atoms with van der Waals surface area (Å²) in [5.41, 5.74) is 0.926. The molecule has 1 amide bonds. The smallest absolute Gasteiger partial charge is 0.243 e. The maximum atomic E-state index is 12.7. The van der Waals surface area contributed by atoms with Crippen LogP contribution >= 0.6 is 22.9 Å². The fraction of sp³-hybridized carbons (Fsp3) is 0.381. The minimum atomic E-state index is -3.47. The summed E-state index contributed by atoms with van der Waals surface area (Å²) in [5.74, 6) is 0.0225. The highest BCUT2D eigenvalue weighted by Gasteiger charge is 2.21. The molecule has 0 atom stereocenters. The Kier molecular flexibility index (Phi) is 8.89. The van der Waals surface area contributed by atoms with Crippen LogP contribution in [0.25, 0.3) is 0 Å². The number of nitrogens with zero attached hydrogens (tertiary/aromatic N) is 2. The second-order valence-corrected chi connectivity index (χ2v) is 10.2. The van der Waals surface area contributed by atoms with E-state index in [4.69, 9.17) is 11.6 Å². The molecule has 1 heterocycles. The normalized spacial score (nSPS) is 11.6. The molecule has 0 aliphatic carbocycles. The van der Waals surface area contributed by atoms with Gasteiger partial charge in [-0.1, -0.05) is 43.7 Å². The second kappa shape index (κ2) is 10.9. The first-order valence-corrected chi connectivity index (χ1v) is 12.2. The quantitative estimate of drug-likeness (QED) is 0.467. The number of aryl methyl sites for hydroxylation is 1. The lowest BCUT2D eigenvalue weighted by Gasteiger charge is -2.20. The van der Waals surface area contributed by atoms with Crippen molar-refractivity contribution >= 4 is 38.9 Å². The summed E-state index contributed by atoms with van der Waals surface area (Å²) < 4.78 is 27.2. The van der Waals surface area contributed by atoms with Gasteiger partial charge in [0.25, 0.3) is 0 Å².